The molecular weight excluding hydrogens is 383 g/mol. The third kappa shape index (κ3) is 2.89. The maximum atomic E-state index is 13.2. The van der Waals surface area contributed by atoms with Crippen molar-refractivity contribution in [2.45, 2.75) is 6.54 Å². The lowest BCUT2D eigenvalue weighted by molar-refractivity contribution is 0.616. The number of halogens is 1. The van der Waals surface area contributed by atoms with Crippen molar-refractivity contribution in [3.63, 3.8) is 0 Å². The van der Waals surface area contributed by atoms with Gasteiger partial charge >= 0.3 is 5.69 Å². The Labute approximate surface area is 161 Å². The van der Waals surface area contributed by atoms with Gasteiger partial charge in [-0.1, -0.05) is 12.1 Å². The summed E-state index contributed by atoms with van der Waals surface area (Å²) in [6.07, 6.45) is 1.40. The van der Waals surface area contributed by atoms with E-state index in [0.717, 1.165) is 4.57 Å². The molecule has 1 aromatic carbocycles. The van der Waals surface area contributed by atoms with Gasteiger partial charge in [0.05, 0.1) is 18.3 Å². The minimum Gasteiger partial charge on any atom is -0.299 e. The van der Waals surface area contributed by atoms with Gasteiger partial charge in [-0.05, 0) is 17.7 Å². The summed E-state index contributed by atoms with van der Waals surface area (Å²) in [6, 6.07) is 7.22. The molecule has 28 heavy (non-hydrogen) atoms. The van der Waals surface area contributed by atoms with E-state index in [0.29, 0.717) is 27.0 Å². The molecule has 0 saturated carbocycles. The minimum absolute atomic E-state index is 0.0301. The van der Waals surface area contributed by atoms with Crippen LogP contribution in [0.5, 0.6) is 0 Å². The van der Waals surface area contributed by atoms with Crippen molar-refractivity contribution in [1.29, 1.82) is 0 Å². The molecule has 142 valence electrons. The molecule has 0 spiro atoms. The maximum Gasteiger partial charge on any atom is 0.330 e. The molecule has 0 N–H and O–H groups in total. The fraction of sp³-hybridized carbons (Fsp3) is 0.158. The lowest BCUT2D eigenvalue weighted by Gasteiger charge is -2.11. The van der Waals surface area contributed by atoms with E-state index in [1.54, 1.807) is 19.2 Å². The van der Waals surface area contributed by atoms with Gasteiger partial charge in [0.2, 0.25) is 0 Å². The highest BCUT2D eigenvalue weighted by atomic mass is 32.1. The fourth-order valence-electron chi connectivity index (χ4n) is 3.03. The van der Waals surface area contributed by atoms with E-state index in [1.807, 2.05) is 5.38 Å². The number of benzene rings is 1. The Morgan fingerprint density at radius 3 is 2.50 bits per heavy atom. The Kier molecular flexibility index (Phi) is 4.31. The Morgan fingerprint density at radius 1 is 1.07 bits per heavy atom. The first-order chi connectivity index (χ1) is 13.4. The molecule has 0 bridgehead atoms. The highest BCUT2D eigenvalue weighted by Gasteiger charge is 2.15. The number of hydrogen-bond acceptors (Lipinski definition) is 5. The number of rotatable bonds is 3. The van der Waals surface area contributed by atoms with Gasteiger partial charge in [-0.15, -0.1) is 11.3 Å². The van der Waals surface area contributed by atoms with Gasteiger partial charge in [0.15, 0.2) is 0 Å². The Bertz CT molecular complexity index is 1380. The minimum atomic E-state index is -0.466. The number of thiophene rings is 1. The lowest BCUT2D eigenvalue weighted by Crippen LogP contribution is -2.39. The summed E-state index contributed by atoms with van der Waals surface area (Å²) in [5.41, 5.74) is 0.582. The third-order valence-electron chi connectivity index (χ3n) is 4.67. The van der Waals surface area contributed by atoms with Crippen molar-refractivity contribution in [2.24, 2.45) is 14.1 Å². The summed E-state index contributed by atoms with van der Waals surface area (Å²) in [7, 11) is 2.94. The number of hydrogen-bond donors (Lipinski definition) is 0. The Hall–Kier alpha value is -3.33. The molecule has 4 rings (SSSR count). The zero-order valence-electron chi connectivity index (χ0n) is 15.0. The summed E-state index contributed by atoms with van der Waals surface area (Å²) in [6.45, 7) is 0.0301. The first-order valence-corrected chi connectivity index (χ1v) is 9.23. The molecular formula is C19H15FN4O3S. The molecule has 0 aliphatic rings. The molecule has 0 saturated heterocycles. The molecule has 0 amide bonds. The lowest BCUT2D eigenvalue weighted by atomic mass is 10.1. The van der Waals surface area contributed by atoms with E-state index in [9.17, 15) is 18.8 Å². The molecule has 0 radical (unpaired) electrons. The van der Waals surface area contributed by atoms with Gasteiger partial charge in [0.25, 0.3) is 11.1 Å². The second-order valence-electron chi connectivity index (χ2n) is 6.39. The second-order valence-corrected chi connectivity index (χ2v) is 7.25. The summed E-state index contributed by atoms with van der Waals surface area (Å²) in [5, 5.41) is 2.23. The fourth-order valence-corrected chi connectivity index (χ4v) is 3.93. The maximum absolute atomic E-state index is 13.2. The molecule has 3 heterocycles. The monoisotopic (exact) mass is 398 g/mol. The van der Waals surface area contributed by atoms with Crippen molar-refractivity contribution >= 4 is 21.6 Å². The van der Waals surface area contributed by atoms with Crippen LogP contribution in [0, 0.1) is 5.82 Å². The van der Waals surface area contributed by atoms with Crippen LogP contribution in [0.2, 0.25) is 0 Å². The quantitative estimate of drug-likeness (QED) is 0.526. The van der Waals surface area contributed by atoms with E-state index < -0.39 is 11.2 Å². The van der Waals surface area contributed by atoms with Crippen molar-refractivity contribution < 1.29 is 4.39 Å². The molecule has 0 atom stereocenters. The highest BCUT2D eigenvalue weighted by molar-refractivity contribution is 7.17. The van der Waals surface area contributed by atoms with E-state index >= 15 is 0 Å². The van der Waals surface area contributed by atoms with Crippen LogP contribution in [0.1, 0.15) is 5.69 Å². The molecule has 0 aliphatic heterocycles. The third-order valence-corrected chi connectivity index (χ3v) is 5.56. The van der Waals surface area contributed by atoms with Crippen LogP contribution in [0.15, 0.2) is 56.4 Å². The molecule has 7 nitrogen and oxygen atoms in total. The molecule has 0 fully saturated rings. The SMILES string of the molecule is Cn1c(Cn2cnc3scc(-c4ccc(F)cc4)c3c2=O)cc(=O)n(C)c1=O. The number of aromatic nitrogens is 4. The van der Waals surface area contributed by atoms with Gasteiger partial charge in [0, 0.05) is 36.8 Å². The van der Waals surface area contributed by atoms with Gasteiger partial charge in [-0.3, -0.25) is 23.3 Å². The normalized spacial score (nSPS) is 11.2. The predicted octanol–water partition coefficient (Wildman–Crippen LogP) is 1.71. The zero-order chi connectivity index (χ0) is 20.0. The number of nitrogens with zero attached hydrogens (tertiary/aromatic N) is 4. The Balaban J connectivity index is 1.86. The van der Waals surface area contributed by atoms with Crippen molar-refractivity contribution in [3.8, 4) is 11.1 Å². The van der Waals surface area contributed by atoms with Crippen molar-refractivity contribution in [3.05, 3.63) is 84.7 Å². The zero-order valence-corrected chi connectivity index (χ0v) is 15.9. The predicted molar refractivity (Wildman–Crippen MR) is 105 cm³/mol. The van der Waals surface area contributed by atoms with Gasteiger partial charge in [-0.25, -0.2) is 14.2 Å². The van der Waals surface area contributed by atoms with Crippen LogP contribution in [0.25, 0.3) is 21.3 Å². The first kappa shape index (κ1) is 18.1. The summed E-state index contributed by atoms with van der Waals surface area (Å²) in [5.74, 6) is -0.356. The van der Waals surface area contributed by atoms with E-state index in [1.165, 1.54) is 52.0 Å². The molecule has 9 heteroatoms. The van der Waals surface area contributed by atoms with E-state index in [-0.39, 0.29) is 17.9 Å². The summed E-state index contributed by atoms with van der Waals surface area (Å²) in [4.78, 5) is 42.0. The second kappa shape index (κ2) is 6.68. The van der Waals surface area contributed by atoms with Gasteiger partial charge in [0.1, 0.15) is 10.6 Å². The summed E-state index contributed by atoms with van der Waals surface area (Å²) >= 11 is 1.33. The van der Waals surface area contributed by atoms with E-state index in [4.69, 9.17) is 0 Å². The average Bonchev–Trinajstić information content (AvgIpc) is 3.12. The average molecular weight is 398 g/mol. The van der Waals surface area contributed by atoms with Gasteiger partial charge < -0.3 is 0 Å². The molecule has 3 aromatic heterocycles. The van der Waals surface area contributed by atoms with Crippen LogP contribution >= 0.6 is 11.3 Å². The number of fused-ring (bicyclic) bond motifs is 1. The van der Waals surface area contributed by atoms with Gasteiger partial charge in [-0.2, -0.15) is 0 Å². The molecule has 0 unspecified atom stereocenters. The molecule has 4 aromatic rings. The van der Waals surface area contributed by atoms with Crippen molar-refractivity contribution in [2.75, 3.05) is 0 Å². The van der Waals surface area contributed by atoms with Crippen LogP contribution in [0.3, 0.4) is 0 Å². The Morgan fingerprint density at radius 2 is 1.79 bits per heavy atom. The smallest absolute Gasteiger partial charge is 0.299 e. The standard InChI is InChI=1S/C19H15FN4O3S/c1-22-13(7-15(25)23(2)19(22)27)8-24-10-21-17-16(18(24)26)14(9-28-17)11-3-5-12(20)6-4-11/h3-7,9-10H,8H2,1-2H3. The largest absolute Gasteiger partial charge is 0.330 e. The van der Waals surface area contributed by atoms with Crippen LogP contribution < -0.4 is 16.8 Å². The van der Waals surface area contributed by atoms with Crippen LogP contribution in [-0.2, 0) is 20.6 Å². The van der Waals surface area contributed by atoms with Crippen LogP contribution in [0.4, 0.5) is 4.39 Å². The highest BCUT2D eigenvalue weighted by Crippen LogP contribution is 2.30. The van der Waals surface area contributed by atoms with Crippen LogP contribution in [-0.4, -0.2) is 18.7 Å². The van der Waals surface area contributed by atoms with E-state index in [2.05, 4.69) is 4.98 Å². The first-order valence-electron chi connectivity index (χ1n) is 8.35. The molecule has 0 aliphatic carbocycles. The van der Waals surface area contributed by atoms with Crippen molar-refractivity contribution in [1.82, 2.24) is 18.7 Å². The summed E-state index contributed by atoms with van der Waals surface area (Å²) < 4.78 is 16.9. The topological polar surface area (TPSA) is 78.9 Å².